The molecule has 2 aliphatic rings. The first kappa shape index (κ1) is 30.8. The highest BCUT2D eigenvalue weighted by molar-refractivity contribution is 5.95. The summed E-state index contributed by atoms with van der Waals surface area (Å²) in [5, 5.41) is 5.38. The van der Waals surface area contributed by atoms with Gasteiger partial charge in [-0.05, 0) is 64.3 Å². The van der Waals surface area contributed by atoms with Gasteiger partial charge in [-0.2, -0.15) is 0 Å². The minimum atomic E-state index is -0.952. The molecule has 1 aromatic rings. The second kappa shape index (κ2) is 13.6. The predicted molar refractivity (Wildman–Crippen MR) is 150 cm³/mol. The summed E-state index contributed by atoms with van der Waals surface area (Å²) in [5.41, 5.74) is 6.07. The van der Waals surface area contributed by atoms with Crippen molar-refractivity contribution in [3.8, 4) is 0 Å². The van der Waals surface area contributed by atoms with Crippen LogP contribution in [-0.2, 0) is 14.3 Å². The molecule has 1 heterocycles. The SMILES string of the molecule is CC(c1ccc(NC(=O)C(N)C2CCCCCC2)c(F)c1)C(NC(=O)OC(C)(C)C)C(=O)N1CCN(C)CC1. The van der Waals surface area contributed by atoms with E-state index in [4.69, 9.17) is 10.5 Å². The number of anilines is 1. The Labute approximate surface area is 232 Å². The molecule has 1 aliphatic heterocycles. The van der Waals surface area contributed by atoms with Crippen molar-refractivity contribution in [3.05, 3.63) is 29.6 Å². The van der Waals surface area contributed by atoms with Crippen LogP contribution in [0.15, 0.2) is 18.2 Å². The molecular weight excluding hydrogens is 501 g/mol. The first-order valence-electron chi connectivity index (χ1n) is 14.2. The minimum Gasteiger partial charge on any atom is -0.444 e. The van der Waals surface area contributed by atoms with E-state index in [1.807, 2.05) is 7.05 Å². The number of ether oxygens (including phenoxy) is 1. The van der Waals surface area contributed by atoms with Crippen LogP contribution in [0.5, 0.6) is 0 Å². The van der Waals surface area contributed by atoms with Gasteiger partial charge in [0.05, 0.1) is 11.7 Å². The molecule has 1 saturated heterocycles. The molecule has 39 heavy (non-hydrogen) atoms. The van der Waals surface area contributed by atoms with Gasteiger partial charge in [0.15, 0.2) is 0 Å². The molecule has 2 fully saturated rings. The number of alkyl carbamates (subject to hydrolysis) is 1. The molecule has 0 bridgehead atoms. The monoisotopic (exact) mass is 547 g/mol. The van der Waals surface area contributed by atoms with Gasteiger partial charge in [-0.3, -0.25) is 9.59 Å². The molecule has 1 saturated carbocycles. The number of piperazine rings is 1. The van der Waals surface area contributed by atoms with Crippen LogP contribution in [-0.4, -0.2) is 78.6 Å². The highest BCUT2D eigenvalue weighted by Crippen LogP contribution is 2.28. The van der Waals surface area contributed by atoms with Crippen LogP contribution in [0.2, 0.25) is 0 Å². The largest absolute Gasteiger partial charge is 0.444 e. The fourth-order valence-corrected chi connectivity index (χ4v) is 5.27. The predicted octanol–water partition coefficient (Wildman–Crippen LogP) is 3.83. The molecule has 218 valence electrons. The number of hydrogen-bond acceptors (Lipinski definition) is 6. The fraction of sp³-hybridized carbons (Fsp3) is 0.690. The number of benzene rings is 1. The zero-order chi connectivity index (χ0) is 28.7. The van der Waals surface area contributed by atoms with Gasteiger partial charge in [0.2, 0.25) is 11.8 Å². The normalized spacial score (nSPS) is 19.9. The van der Waals surface area contributed by atoms with Crippen molar-refractivity contribution in [2.24, 2.45) is 11.7 Å². The highest BCUT2D eigenvalue weighted by atomic mass is 19.1. The number of likely N-dealkylation sites (N-methyl/N-ethyl adjacent to an activating group) is 1. The first-order valence-corrected chi connectivity index (χ1v) is 14.2. The lowest BCUT2D eigenvalue weighted by Crippen LogP contribution is -2.56. The van der Waals surface area contributed by atoms with Gasteiger partial charge in [0.1, 0.15) is 17.5 Å². The summed E-state index contributed by atoms with van der Waals surface area (Å²) >= 11 is 0. The number of nitrogens with one attached hydrogen (secondary N) is 2. The maximum Gasteiger partial charge on any atom is 0.408 e. The summed E-state index contributed by atoms with van der Waals surface area (Å²) in [5.74, 6) is -1.72. The van der Waals surface area contributed by atoms with Gasteiger partial charge in [0, 0.05) is 32.1 Å². The van der Waals surface area contributed by atoms with Gasteiger partial charge < -0.3 is 30.9 Å². The molecule has 0 aromatic heterocycles. The third kappa shape index (κ3) is 8.89. The average Bonchev–Trinajstić information content (AvgIpc) is 3.16. The van der Waals surface area contributed by atoms with E-state index in [2.05, 4.69) is 15.5 Å². The highest BCUT2D eigenvalue weighted by Gasteiger charge is 2.34. The lowest BCUT2D eigenvalue weighted by Gasteiger charge is -2.36. The Morgan fingerprint density at radius 2 is 1.67 bits per heavy atom. The van der Waals surface area contributed by atoms with E-state index in [-0.39, 0.29) is 17.5 Å². The molecule has 0 spiro atoms. The maximum absolute atomic E-state index is 15.2. The number of carbonyl (C=O) groups is 3. The molecule has 1 aliphatic carbocycles. The van der Waals surface area contributed by atoms with E-state index in [1.54, 1.807) is 38.7 Å². The molecule has 0 radical (unpaired) electrons. The molecule has 3 unspecified atom stereocenters. The number of rotatable bonds is 7. The Bertz CT molecular complexity index is 998. The van der Waals surface area contributed by atoms with Crippen molar-refractivity contribution in [2.75, 3.05) is 38.5 Å². The average molecular weight is 548 g/mol. The second-order valence-corrected chi connectivity index (χ2v) is 12.0. The first-order chi connectivity index (χ1) is 18.4. The molecule has 10 heteroatoms. The third-order valence-corrected chi connectivity index (χ3v) is 7.74. The number of nitrogens with zero attached hydrogens (tertiary/aromatic N) is 2. The van der Waals surface area contributed by atoms with Crippen LogP contribution >= 0.6 is 0 Å². The van der Waals surface area contributed by atoms with E-state index in [0.29, 0.717) is 18.7 Å². The number of amides is 3. The van der Waals surface area contributed by atoms with Crippen molar-refractivity contribution in [1.29, 1.82) is 0 Å². The molecule has 3 rings (SSSR count). The summed E-state index contributed by atoms with van der Waals surface area (Å²) in [4.78, 5) is 42.9. The number of nitrogens with two attached hydrogens (primary N) is 1. The van der Waals surface area contributed by atoms with Gasteiger partial charge >= 0.3 is 6.09 Å². The van der Waals surface area contributed by atoms with Crippen LogP contribution in [0.3, 0.4) is 0 Å². The lowest BCUT2D eigenvalue weighted by molar-refractivity contribution is -0.135. The summed E-state index contributed by atoms with van der Waals surface area (Å²) in [6, 6.07) is 2.82. The minimum absolute atomic E-state index is 0.0436. The molecule has 4 N–H and O–H groups in total. The Kier molecular flexibility index (Phi) is 10.7. The van der Waals surface area contributed by atoms with Crippen molar-refractivity contribution >= 4 is 23.6 Å². The van der Waals surface area contributed by atoms with Gasteiger partial charge in [0.25, 0.3) is 0 Å². The zero-order valence-electron chi connectivity index (χ0n) is 24.1. The lowest BCUT2D eigenvalue weighted by atomic mass is 9.91. The summed E-state index contributed by atoms with van der Waals surface area (Å²) in [7, 11) is 1.99. The smallest absolute Gasteiger partial charge is 0.408 e. The number of hydrogen-bond donors (Lipinski definition) is 3. The maximum atomic E-state index is 15.2. The Morgan fingerprint density at radius 3 is 2.23 bits per heavy atom. The third-order valence-electron chi connectivity index (χ3n) is 7.74. The van der Waals surface area contributed by atoms with Crippen LogP contribution in [0, 0.1) is 11.7 Å². The van der Waals surface area contributed by atoms with Crippen molar-refractivity contribution in [2.45, 2.75) is 89.8 Å². The Balaban J connectivity index is 1.75. The van der Waals surface area contributed by atoms with E-state index in [0.717, 1.165) is 51.6 Å². The van der Waals surface area contributed by atoms with Crippen LogP contribution in [0.25, 0.3) is 0 Å². The van der Waals surface area contributed by atoms with Gasteiger partial charge in [-0.1, -0.05) is 38.7 Å². The summed E-state index contributed by atoms with van der Waals surface area (Å²) in [6.07, 6.45) is 5.51. The van der Waals surface area contributed by atoms with Crippen molar-refractivity contribution < 1.29 is 23.5 Å². The van der Waals surface area contributed by atoms with Crippen LogP contribution in [0.1, 0.15) is 77.7 Å². The fourth-order valence-electron chi connectivity index (χ4n) is 5.27. The zero-order valence-corrected chi connectivity index (χ0v) is 24.1. The van der Waals surface area contributed by atoms with E-state index in [1.165, 1.54) is 12.1 Å². The second-order valence-electron chi connectivity index (χ2n) is 12.0. The molecule has 3 atom stereocenters. The Hall–Kier alpha value is -2.72. The Morgan fingerprint density at radius 1 is 1.05 bits per heavy atom. The van der Waals surface area contributed by atoms with Crippen LogP contribution < -0.4 is 16.4 Å². The molecule has 3 amide bonds. The van der Waals surface area contributed by atoms with Gasteiger partial charge in [-0.15, -0.1) is 0 Å². The van der Waals surface area contributed by atoms with Crippen molar-refractivity contribution in [3.63, 3.8) is 0 Å². The quantitative estimate of drug-likeness (QED) is 0.447. The van der Waals surface area contributed by atoms with Gasteiger partial charge in [-0.25, -0.2) is 9.18 Å². The van der Waals surface area contributed by atoms with E-state index < -0.39 is 41.4 Å². The van der Waals surface area contributed by atoms with Crippen LogP contribution in [0.4, 0.5) is 14.9 Å². The molecular formula is C29H46FN5O4. The number of carbonyl (C=O) groups excluding carboxylic acids is 3. The van der Waals surface area contributed by atoms with Crippen molar-refractivity contribution in [1.82, 2.24) is 15.1 Å². The van der Waals surface area contributed by atoms with E-state index in [9.17, 15) is 14.4 Å². The molecule has 9 nitrogen and oxygen atoms in total. The summed E-state index contributed by atoms with van der Waals surface area (Å²) in [6.45, 7) is 9.54. The summed E-state index contributed by atoms with van der Waals surface area (Å²) < 4.78 is 20.6. The topological polar surface area (TPSA) is 117 Å². The standard InChI is InChI=1S/C29H46FN5O4/c1-19(25(33-28(38)39-29(2,3)4)27(37)35-16-14-34(5)15-17-35)21-12-13-23(22(30)18-21)32-26(36)24(31)20-10-8-6-7-9-11-20/h12-13,18-20,24-25H,6-11,14-17,31H2,1-5H3,(H,32,36)(H,33,38). The molecule has 1 aromatic carbocycles. The van der Waals surface area contributed by atoms with E-state index >= 15 is 4.39 Å². The number of halogens is 1.